The molecule has 6 heterocycles. The Morgan fingerprint density at radius 3 is 2.54 bits per heavy atom. The van der Waals surface area contributed by atoms with Crippen molar-refractivity contribution in [2.75, 3.05) is 0 Å². The van der Waals surface area contributed by atoms with Crippen LogP contribution in [0.15, 0.2) is 30.7 Å². The monoisotopic (exact) mass is 376 g/mol. The van der Waals surface area contributed by atoms with E-state index in [2.05, 4.69) is 20.4 Å². The summed E-state index contributed by atoms with van der Waals surface area (Å²) in [5.74, 6) is 0.146. The number of nitrogens with one attached hydrogen (secondary N) is 1. The van der Waals surface area contributed by atoms with Gasteiger partial charge in [-0.1, -0.05) is 0 Å². The third-order valence-corrected chi connectivity index (χ3v) is 6.17. The van der Waals surface area contributed by atoms with E-state index in [4.69, 9.17) is 0 Å². The molecule has 2 saturated heterocycles. The Bertz CT molecular complexity index is 1220. The Labute approximate surface area is 161 Å². The maximum absolute atomic E-state index is 14.8. The van der Waals surface area contributed by atoms with Crippen LogP contribution in [0, 0.1) is 19.7 Å². The third kappa shape index (κ3) is 2.39. The van der Waals surface area contributed by atoms with Gasteiger partial charge >= 0.3 is 0 Å². The van der Waals surface area contributed by atoms with Crippen LogP contribution in [-0.4, -0.2) is 36.1 Å². The standard InChI is InChI=1S/C21H21FN6/c1-11-3-18(26-28-8-12(2)23-20(11)28)19-10-27-9-14(6-17(22)21(27)25-19)13-4-15-7-16(5-13)24-15/h3,6,8-10,13,15-16,24H,4-5,7H2,1-2H3. The lowest BCUT2D eigenvalue weighted by Crippen LogP contribution is -2.57. The average molecular weight is 376 g/mol. The molecule has 6 nitrogen and oxygen atoms in total. The molecule has 142 valence electrons. The highest BCUT2D eigenvalue weighted by atomic mass is 19.1. The van der Waals surface area contributed by atoms with E-state index in [0.717, 1.165) is 41.0 Å². The molecule has 1 N–H and O–H groups in total. The van der Waals surface area contributed by atoms with Crippen LogP contribution in [0.5, 0.6) is 0 Å². The zero-order valence-corrected chi connectivity index (χ0v) is 15.9. The molecule has 4 aromatic rings. The minimum Gasteiger partial charge on any atom is -0.311 e. The molecule has 1 aliphatic carbocycles. The summed E-state index contributed by atoms with van der Waals surface area (Å²) in [5.41, 5.74) is 5.57. The number of aromatic nitrogens is 5. The van der Waals surface area contributed by atoms with Gasteiger partial charge in [0.1, 0.15) is 11.4 Å². The summed E-state index contributed by atoms with van der Waals surface area (Å²) in [5, 5.41) is 8.18. The Kier molecular flexibility index (Phi) is 3.24. The van der Waals surface area contributed by atoms with Crippen LogP contribution < -0.4 is 5.32 Å². The lowest BCUT2D eigenvalue weighted by molar-refractivity contribution is 0.161. The van der Waals surface area contributed by atoms with Gasteiger partial charge in [0, 0.05) is 24.5 Å². The number of pyridine rings is 1. The number of fused-ring (bicyclic) bond motifs is 4. The molecule has 0 radical (unpaired) electrons. The van der Waals surface area contributed by atoms with Gasteiger partial charge in [-0.05, 0) is 62.3 Å². The van der Waals surface area contributed by atoms with Crippen LogP contribution in [0.25, 0.3) is 22.7 Å². The van der Waals surface area contributed by atoms with E-state index in [0.29, 0.717) is 29.3 Å². The second kappa shape index (κ2) is 5.61. The number of imidazole rings is 2. The molecule has 3 aliphatic rings. The van der Waals surface area contributed by atoms with Gasteiger partial charge in [0.15, 0.2) is 17.1 Å². The lowest BCUT2D eigenvalue weighted by Gasteiger charge is -2.46. The van der Waals surface area contributed by atoms with Gasteiger partial charge in [-0.3, -0.25) is 0 Å². The minimum absolute atomic E-state index is 0.271. The van der Waals surface area contributed by atoms with Gasteiger partial charge in [-0.15, -0.1) is 0 Å². The Morgan fingerprint density at radius 2 is 1.75 bits per heavy atom. The van der Waals surface area contributed by atoms with Gasteiger partial charge in [0.2, 0.25) is 0 Å². The Morgan fingerprint density at radius 1 is 0.964 bits per heavy atom. The largest absolute Gasteiger partial charge is 0.311 e. The molecule has 28 heavy (non-hydrogen) atoms. The van der Waals surface area contributed by atoms with E-state index < -0.39 is 0 Å². The summed E-state index contributed by atoms with van der Waals surface area (Å²) in [4.78, 5) is 9.01. The highest BCUT2D eigenvalue weighted by Crippen LogP contribution is 2.39. The summed E-state index contributed by atoms with van der Waals surface area (Å²) in [6, 6.07) is 4.82. The van der Waals surface area contributed by atoms with Crippen molar-refractivity contribution in [1.82, 2.24) is 29.3 Å². The van der Waals surface area contributed by atoms with Crippen molar-refractivity contribution in [3.63, 3.8) is 0 Å². The first-order chi connectivity index (χ1) is 13.5. The highest BCUT2D eigenvalue weighted by Gasteiger charge is 2.38. The molecule has 2 atom stereocenters. The van der Waals surface area contributed by atoms with Crippen molar-refractivity contribution >= 4 is 11.3 Å². The number of aryl methyl sites for hydroxylation is 2. The van der Waals surface area contributed by atoms with Crippen molar-refractivity contribution in [3.05, 3.63) is 53.4 Å². The quantitative estimate of drug-likeness (QED) is 0.582. The maximum atomic E-state index is 14.8. The van der Waals surface area contributed by atoms with E-state index >= 15 is 0 Å². The predicted octanol–water partition coefficient (Wildman–Crippen LogP) is 3.41. The zero-order chi connectivity index (χ0) is 19.0. The normalized spacial score (nSPS) is 24.0. The molecule has 2 aliphatic heterocycles. The summed E-state index contributed by atoms with van der Waals surface area (Å²) in [6.45, 7) is 3.95. The van der Waals surface area contributed by atoms with Crippen molar-refractivity contribution in [1.29, 1.82) is 0 Å². The Balaban J connectivity index is 1.43. The van der Waals surface area contributed by atoms with E-state index in [1.807, 2.05) is 42.9 Å². The molecule has 2 bridgehead atoms. The van der Waals surface area contributed by atoms with Crippen molar-refractivity contribution < 1.29 is 4.39 Å². The fourth-order valence-electron chi connectivity index (χ4n) is 4.83. The first-order valence-corrected chi connectivity index (χ1v) is 9.82. The summed E-state index contributed by atoms with van der Waals surface area (Å²) >= 11 is 0. The first-order valence-electron chi connectivity index (χ1n) is 9.82. The van der Waals surface area contributed by atoms with Crippen LogP contribution in [0.1, 0.15) is 42.0 Å². The van der Waals surface area contributed by atoms with E-state index in [1.165, 1.54) is 6.42 Å². The number of nitrogens with zero attached hydrogens (tertiary/aromatic N) is 5. The van der Waals surface area contributed by atoms with Gasteiger partial charge in [0.05, 0.1) is 11.9 Å². The number of hydrogen-bond donors (Lipinski definition) is 1. The van der Waals surface area contributed by atoms with Crippen LogP contribution >= 0.6 is 0 Å². The van der Waals surface area contributed by atoms with Crippen molar-refractivity contribution in [3.8, 4) is 11.4 Å². The molecule has 2 unspecified atom stereocenters. The molecular weight excluding hydrogens is 355 g/mol. The smallest absolute Gasteiger partial charge is 0.173 e. The number of piperidine rings is 1. The fourth-order valence-corrected chi connectivity index (χ4v) is 4.83. The zero-order valence-electron chi connectivity index (χ0n) is 15.9. The van der Waals surface area contributed by atoms with E-state index in [-0.39, 0.29) is 5.82 Å². The minimum atomic E-state index is -0.271. The summed E-state index contributed by atoms with van der Waals surface area (Å²) in [7, 11) is 0. The maximum Gasteiger partial charge on any atom is 0.173 e. The number of hydrogen-bond acceptors (Lipinski definition) is 4. The molecule has 0 aromatic carbocycles. The molecule has 0 spiro atoms. The number of rotatable bonds is 2. The van der Waals surface area contributed by atoms with Crippen LogP contribution in [0.4, 0.5) is 4.39 Å². The third-order valence-electron chi connectivity index (χ3n) is 6.17. The highest BCUT2D eigenvalue weighted by molar-refractivity contribution is 5.63. The molecule has 1 saturated carbocycles. The topological polar surface area (TPSA) is 59.5 Å². The van der Waals surface area contributed by atoms with Gasteiger partial charge < -0.3 is 9.72 Å². The molecule has 7 heteroatoms. The van der Waals surface area contributed by atoms with Crippen LogP contribution in [0.2, 0.25) is 0 Å². The molecule has 3 fully saturated rings. The van der Waals surface area contributed by atoms with Crippen molar-refractivity contribution in [2.45, 2.75) is 51.1 Å². The molecule has 7 rings (SSSR count). The molecule has 4 aromatic heterocycles. The SMILES string of the molecule is Cc1cn2nc(-c3cn4cc(C5CC6CC(C5)N6)cc(F)c4n3)cc(C)c2n1. The first kappa shape index (κ1) is 16.2. The van der Waals surface area contributed by atoms with Crippen LogP contribution in [-0.2, 0) is 0 Å². The van der Waals surface area contributed by atoms with E-state index in [9.17, 15) is 4.39 Å². The average Bonchev–Trinajstić information content (AvgIpc) is 3.24. The van der Waals surface area contributed by atoms with Gasteiger partial charge in [-0.2, -0.15) is 5.10 Å². The fraction of sp³-hybridized carbons (Fsp3) is 0.381. The predicted molar refractivity (Wildman–Crippen MR) is 104 cm³/mol. The van der Waals surface area contributed by atoms with Gasteiger partial charge in [-0.25, -0.2) is 18.9 Å². The second-order valence-corrected chi connectivity index (χ2v) is 8.31. The van der Waals surface area contributed by atoms with Crippen LogP contribution in [0.3, 0.4) is 0 Å². The summed E-state index contributed by atoms with van der Waals surface area (Å²) in [6.07, 6.45) is 9.24. The molecule has 0 amide bonds. The van der Waals surface area contributed by atoms with Crippen molar-refractivity contribution in [2.24, 2.45) is 0 Å². The van der Waals surface area contributed by atoms with Gasteiger partial charge in [0.25, 0.3) is 0 Å². The van der Waals surface area contributed by atoms with E-state index in [1.54, 1.807) is 10.6 Å². The molecular formula is C21H21FN6. The number of halogens is 1. The summed E-state index contributed by atoms with van der Waals surface area (Å²) < 4.78 is 18.4. The second-order valence-electron chi connectivity index (χ2n) is 8.31. The Hall–Kier alpha value is -2.80. The lowest BCUT2D eigenvalue weighted by atomic mass is 9.73.